The molecule has 0 spiro atoms. The molecular formula is C11H15N3O3. The van der Waals surface area contributed by atoms with E-state index in [0.717, 1.165) is 19.3 Å². The Bertz CT molecular complexity index is 411. The molecular weight excluding hydrogens is 222 g/mol. The number of aromatic carboxylic acids is 1. The normalized spacial score (nSPS) is 23.6. The number of nitrogens with one attached hydrogen (secondary N) is 1. The number of rotatable bonds is 4. The van der Waals surface area contributed by atoms with Gasteiger partial charge in [0.25, 0.3) is 0 Å². The van der Waals surface area contributed by atoms with E-state index in [9.17, 15) is 9.90 Å². The van der Waals surface area contributed by atoms with E-state index in [1.807, 2.05) is 0 Å². The molecule has 0 aromatic carbocycles. The summed E-state index contributed by atoms with van der Waals surface area (Å²) in [7, 11) is 0. The summed E-state index contributed by atoms with van der Waals surface area (Å²) in [5, 5.41) is 21.1. The quantitative estimate of drug-likeness (QED) is 0.715. The van der Waals surface area contributed by atoms with E-state index in [0.29, 0.717) is 5.95 Å². The maximum absolute atomic E-state index is 10.8. The average Bonchev–Trinajstić information content (AvgIpc) is 2.76. The van der Waals surface area contributed by atoms with Crippen molar-refractivity contribution in [3.8, 4) is 0 Å². The fraction of sp³-hybridized carbons (Fsp3) is 0.545. The molecule has 1 aromatic rings. The lowest BCUT2D eigenvalue weighted by atomic mass is 10.1. The topological polar surface area (TPSA) is 95.3 Å². The second kappa shape index (κ2) is 5.09. The third-order valence-electron chi connectivity index (χ3n) is 3.08. The second-order valence-electron chi connectivity index (χ2n) is 4.20. The molecule has 2 unspecified atom stereocenters. The number of aromatic nitrogens is 2. The van der Waals surface area contributed by atoms with Gasteiger partial charge in [-0.25, -0.2) is 14.8 Å². The Labute approximate surface area is 98.7 Å². The lowest BCUT2D eigenvalue weighted by Gasteiger charge is -2.18. The van der Waals surface area contributed by atoms with Crippen LogP contribution in [0.15, 0.2) is 12.3 Å². The van der Waals surface area contributed by atoms with E-state index in [-0.39, 0.29) is 24.3 Å². The van der Waals surface area contributed by atoms with Crippen LogP contribution < -0.4 is 5.32 Å². The van der Waals surface area contributed by atoms with E-state index in [2.05, 4.69) is 15.3 Å². The summed E-state index contributed by atoms with van der Waals surface area (Å²) >= 11 is 0. The summed E-state index contributed by atoms with van der Waals surface area (Å²) < 4.78 is 0. The minimum atomic E-state index is -1.07. The number of carboxylic acid groups (broad SMARTS) is 1. The van der Waals surface area contributed by atoms with Crippen LogP contribution in [0.3, 0.4) is 0 Å². The van der Waals surface area contributed by atoms with E-state index in [1.165, 1.54) is 12.3 Å². The minimum Gasteiger partial charge on any atom is -0.477 e. The Morgan fingerprint density at radius 1 is 1.53 bits per heavy atom. The fourth-order valence-electron chi connectivity index (χ4n) is 2.16. The highest BCUT2D eigenvalue weighted by atomic mass is 16.4. The number of anilines is 1. The van der Waals surface area contributed by atoms with Gasteiger partial charge in [0, 0.05) is 24.8 Å². The van der Waals surface area contributed by atoms with Crippen LogP contribution in [0.25, 0.3) is 0 Å². The van der Waals surface area contributed by atoms with Gasteiger partial charge in [-0.15, -0.1) is 0 Å². The zero-order valence-corrected chi connectivity index (χ0v) is 9.33. The van der Waals surface area contributed by atoms with Gasteiger partial charge in [0.15, 0.2) is 5.69 Å². The van der Waals surface area contributed by atoms with Crippen LogP contribution in [0.4, 0.5) is 5.95 Å². The van der Waals surface area contributed by atoms with Crippen molar-refractivity contribution >= 4 is 11.9 Å². The van der Waals surface area contributed by atoms with E-state index < -0.39 is 5.97 Å². The van der Waals surface area contributed by atoms with Crippen molar-refractivity contribution in [1.29, 1.82) is 0 Å². The van der Waals surface area contributed by atoms with Crippen molar-refractivity contribution in [2.45, 2.75) is 25.3 Å². The molecule has 0 bridgehead atoms. The zero-order chi connectivity index (χ0) is 12.3. The van der Waals surface area contributed by atoms with Crippen molar-refractivity contribution in [3.05, 3.63) is 18.0 Å². The first-order chi connectivity index (χ1) is 8.20. The predicted octanol–water partition coefficient (Wildman–Crippen LogP) is 0.748. The maximum Gasteiger partial charge on any atom is 0.354 e. The minimum absolute atomic E-state index is 0.0268. The summed E-state index contributed by atoms with van der Waals surface area (Å²) in [5.74, 6) is -0.553. The summed E-state index contributed by atoms with van der Waals surface area (Å²) in [4.78, 5) is 18.6. The van der Waals surface area contributed by atoms with Gasteiger partial charge in [0.1, 0.15) is 0 Å². The van der Waals surface area contributed by atoms with Gasteiger partial charge >= 0.3 is 5.97 Å². The van der Waals surface area contributed by atoms with Crippen molar-refractivity contribution in [2.24, 2.45) is 5.92 Å². The Morgan fingerprint density at radius 3 is 3.06 bits per heavy atom. The molecule has 2 rings (SSSR count). The molecule has 1 heterocycles. The molecule has 1 aliphatic rings. The molecule has 3 N–H and O–H groups in total. The number of hydrogen-bond acceptors (Lipinski definition) is 5. The SMILES string of the molecule is O=C(O)c1ccnc(NC2CCCC2CO)n1. The third kappa shape index (κ3) is 2.71. The highest BCUT2D eigenvalue weighted by Crippen LogP contribution is 2.27. The highest BCUT2D eigenvalue weighted by molar-refractivity contribution is 5.85. The molecule has 1 aliphatic carbocycles. The van der Waals surface area contributed by atoms with Gasteiger partial charge in [-0.3, -0.25) is 0 Å². The van der Waals surface area contributed by atoms with Gasteiger partial charge in [0.05, 0.1) is 0 Å². The monoisotopic (exact) mass is 237 g/mol. The molecule has 1 aromatic heterocycles. The van der Waals surface area contributed by atoms with Gasteiger partial charge in [0.2, 0.25) is 5.95 Å². The Kier molecular flexibility index (Phi) is 3.53. The first-order valence-corrected chi connectivity index (χ1v) is 5.64. The lowest BCUT2D eigenvalue weighted by molar-refractivity contribution is 0.0690. The standard InChI is InChI=1S/C11H15N3O3/c15-6-7-2-1-3-8(7)13-11-12-5-4-9(14-11)10(16)17/h4-5,7-8,15H,1-3,6H2,(H,16,17)(H,12,13,14). The number of carbonyl (C=O) groups is 1. The largest absolute Gasteiger partial charge is 0.477 e. The number of aliphatic hydroxyl groups is 1. The number of nitrogens with zero attached hydrogens (tertiary/aromatic N) is 2. The van der Waals surface area contributed by atoms with Crippen LogP contribution in [0.2, 0.25) is 0 Å². The molecule has 6 nitrogen and oxygen atoms in total. The van der Waals surface area contributed by atoms with Crippen LogP contribution in [-0.2, 0) is 0 Å². The second-order valence-corrected chi connectivity index (χ2v) is 4.20. The van der Waals surface area contributed by atoms with Crippen molar-refractivity contribution in [1.82, 2.24) is 9.97 Å². The number of aliphatic hydroxyl groups excluding tert-OH is 1. The molecule has 17 heavy (non-hydrogen) atoms. The van der Waals surface area contributed by atoms with Gasteiger partial charge in [-0.1, -0.05) is 6.42 Å². The molecule has 0 amide bonds. The van der Waals surface area contributed by atoms with Crippen molar-refractivity contribution in [2.75, 3.05) is 11.9 Å². The van der Waals surface area contributed by atoms with E-state index in [4.69, 9.17) is 5.11 Å². The van der Waals surface area contributed by atoms with Crippen LogP contribution in [0.1, 0.15) is 29.8 Å². The van der Waals surface area contributed by atoms with E-state index >= 15 is 0 Å². The zero-order valence-electron chi connectivity index (χ0n) is 9.33. The van der Waals surface area contributed by atoms with Crippen LogP contribution in [0.5, 0.6) is 0 Å². The molecule has 2 atom stereocenters. The molecule has 92 valence electrons. The summed E-state index contributed by atoms with van der Waals surface area (Å²) in [6, 6.07) is 1.48. The van der Waals surface area contributed by atoms with Gasteiger partial charge in [-0.2, -0.15) is 0 Å². The smallest absolute Gasteiger partial charge is 0.354 e. The summed E-state index contributed by atoms with van der Waals surface area (Å²) in [6.45, 7) is 0.135. The Morgan fingerprint density at radius 2 is 2.35 bits per heavy atom. The number of hydrogen-bond donors (Lipinski definition) is 3. The predicted molar refractivity (Wildman–Crippen MR) is 60.8 cm³/mol. The highest BCUT2D eigenvalue weighted by Gasteiger charge is 2.27. The molecule has 0 saturated heterocycles. The van der Waals surface area contributed by atoms with Crippen molar-refractivity contribution in [3.63, 3.8) is 0 Å². The summed E-state index contributed by atoms with van der Waals surface area (Å²) in [6.07, 6.45) is 4.40. The van der Waals surface area contributed by atoms with Gasteiger partial charge < -0.3 is 15.5 Å². The fourth-order valence-corrected chi connectivity index (χ4v) is 2.16. The van der Waals surface area contributed by atoms with Crippen molar-refractivity contribution < 1.29 is 15.0 Å². The van der Waals surface area contributed by atoms with Gasteiger partial charge in [-0.05, 0) is 18.9 Å². The number of carboxylic acids is 1. The maximum atomic E-state index is 10.8. The first-order valence-electron chi connectivity index (χ1n) is 5.64. The molecule has 0 aliphatic heterocycles. The molecule has 6 heteroatoms. The Balaban J connectivity index is 2.07. The first kappa shape index (κ1) is 11.8. The molecule has 1 saturated carbocycles. The third-order valence-corrected chi connectivity index (χ3v) is 3.08. The Hall–Kier alpha value is -1.69. The molecule has 0 radical (unpaired) electrons. The van der Waals surface area contributed by atoms with Crippen LogP contribution >= 0.6 is 0 Å². The van der Waals surface area contributed by atoms with Crippen LogP contribution in [0, 0.1) is 5.92 Å². The summed E-state index contributed by atoms with van der Waals surface area (Å²) in [5.41, 5.74) is -0.0268. The van der Waals surface area contributed by atoms with E-state index in [1.54, 1.807) is 0 Å². The van der Waals surface area contributed by atoms with Crippen LogP contribution in [-0.4, -0.2) is 38.8 Å². The average molecular weight is 237 g/mol. The molecule has 1 fully saturated rings. The lowest BCUT2D eigenvalue weighted by Crippen LogP contribution is -2.27.